The van der Waals surface area contributed by atoms with Gasteiger partial charge in [-0.3, -0.25) is 19.3 Å². The number of nitrogens with zero attached hydrogens (tertiary/aromatic N) is 3. The second-order valence-corrected chi connectivity index (χ2v) is 12.4. The lowest BCUT2D eigenvalue weighted by Crippen LogP contribution is -2.55. The zero-order valence-corrected chi connectivity index (χ0v) is 26.9. The summed E-state index contributed by atoms with van der Waals surface area (Å²) in [6.45, 7) is 1.93. The first-order valence-corrected chi connectivity index (χ1v) is 16.3. The van der Waals surface area contributed by atoms with E-state index < -0.39 is 24.1 Å². The van der Waals surface area contributed by atoms with E-state index in [1.165, 1.54) is 9.80 Å². The molecule has 2 aliphatic rings. The molecule has 9 nitrogen and oxygen atoms in total. The van der Waals surface area contributed by atoms with Crippen molar-refractivity contribution >= 4 is 29.6 Å². The summed E-state index contributed by atoms with van der Waals surface area (Å²) in [7, 11) is 0. The van der Waals surface area contributed by atoms with Gasteiger partial charge < -0.3 is 19.6 Å². The Balaban J connectivity index is 1.28. The summed E-state index contributed by atoms with van der Waals surface area (Å²) in [5.41, 5.74) is 5.25. The fraction of sp³-hybridized carbons (Fsp3) is 0.282. The first-order valence-electron chi connectivity index (χ1n) is 16.3. The topological polar surface area (TPSA) is 107 Å². The number of carbonyl (C=O) groups is 4. The van der Waals surface area contributed by atoms with Crippen molar-refractivity contribution in [2.24, 2.45) is 0 Å². The summed E-state index contributed by atoms with van der Waals surface area (Å²) in [6.07, 6.45) is 0.339. The summed E-state index contributed by atoms with van der Waals surface area (Å²) in [6, 6.07) is 32.3. The SMILES string of the molecule is CC1c2ccccc2C[C@H](CC(=O)O)N1C(=O)CN(CCc1ccccc1)C(=O)[C@H]1Cc2ccccc2N1C(=O)OCc1ccccc1. The molecule has 0 spiro atoms. The summed E-state index contributed by atoms with van der Waals surface area (Å²) in [5, 5.41) is 9.76. The smallest absolute Gasteiger partial charge is 0.415 e. The molecule has 1 N–H and O–H groups in total. The van der Waals surface area contributed by atoms with Gasteiger partial charge >= 0.3 is 12.1 Å². The van der Waals surface area contributed by atoms with Gasteiger partial charge in [0.05, 0.1) is 24.7 Å². The Morgan fingerprint density at radius 2 is 1.42 bits per heavy atom. The van der Waals surface area contributed by atoms with Gasteiger partial charge in [0.1, 0.15) is 12.6 Å². The van der Waals surface area contributed by atoms with Gasteiger partial charge in [-0.2, -0.15) is 0 Å². The first-order chi connectivity index (χ1) is 23.3. The van der Waals surface area contributed by atoms with Crippen LogP contribution in [-0.2, 0) is 45.0 Å². The number of ether oxygens (including phenoxy) is 1. The van der Waals surface area contributed by atoms with Crippen molar-refractivity contribution in [2.45, 2.75) is 57.3 Å². The molecule has 246 valence electrons. The van der Waals surface area contributed by atoms with Crippen LogP contribution in [0.2, 0.25) is 0 Å². The lowest BCUT2D eigenvalue weighted by Gasteiger charge is -2.42. The van der Waals surface area contributed by atoms with Crippen LogP contribution in [0.5, 0.6) is 0 Å². The molecule has 0 fully saturated rings. The highest BCUT2D eigenvalue weighted by Crippen LogP contribution is 2.36. The molecular weight excluding hydrogens is 606 g/mol. The Bertz CT molecular complexity index is 1780. The van der Waals surface area contributed by atoms with E-state index in [2.05, 4.69) is 0 Å². The predicted molar refractivity (Wildman–Crippen MR) is 181 cm³/mol. The average Bonchev–Trinajstić information content (AvgIpc) is 3.49. The number of carbonyl (C=O) groups excluding carboxylic acids is 3. The third kappa shape index (κ3) is 7.10. The molecule has 4 aromatic carbocycles. The molecule has 0 bridgehead atoms. The molecule has 3 atom stereocenters. The molecule has 0 radical (unpaired) electrons. The van der Waals surface area contributed by atoms with E-state index in [-0.39, 0.29) is 50.4 Å². The zero-order valence-electron chi connectivity index (χ0n) is 26.9. The first kappa shape index (κ1) is 32.5. The van der Waals surface area contributed by atoms with Gasteiger partial charge in [-0.25, -0.2) is 4.79 Å². The van der Waals surface area contributed by atoms with Gasteiger partial charge in [-0.15, -0.1) is 0 Å². The lowest BCUT2D eigenvalue weighted by atomic mass is 9.87. The minimum absolute atomic E-state index is 0.0503. The molecule has 0 saturated heterocycles. The van der Waals surface area contributed by atoms with E-state index >= 15 is 0 Å². The number of carboxylic acids is 1. The van der Waals surface area contributed by atoms with Crippen LogP contribution in [-0.4, -0.2) is 64.0 Å². The molecular formula is C39H39N3O6. The van der Waals surface area contributed by atoms with E-state index in [4.69, 9.17) is 4.74 Å². The fourth-order valence-electron chi connectivity index (χ4n) is 6.97. The van der Waals surface area contributed by atoms with Crippen LogP contribution in [0.25, 0.3) is 0 Å². The number of hydrogen-bond donors (Lipinski definition) is 1. The van der Waals surface area contributed by atoms with Crippen LogP contribution >= 0.6 is 0 Å². The number of amides is 3. The van der Waals surface area contributed by atoms with Gasteiger partial charge in [-0.05, 0) is 53.6 Å². The maximum Gasteiger partial charge on any atom is 0.415 e. The Morgan fingerprint density at radius 1 is 0.792 bits per heavy atom. The average molecular weight is 646 g/mol. The molecule has 1 unspecified atom stereocenters. The van der Waals surface area contributed by atoms with Crippen LogP contribution in [0.4, 0.5) is 10.5 Å². The predicted octanol–water partition coefficient (Wildman–Crippen LogP) is 5.82. The molecule has 3 amide bonds. The van der Waals surface area contributed by atoms with Crippen LogP contribution in [0.15, 0.2) is 109 Å². The Hall–Kier alpha value is -5.44. The maximum absolute atomic E-state index is 14.6. The fourth-order valence-corrected chi connectivity index (χ4v) is 6.97. The van der Waals surface area contributed by atoms with Crippen molar-refractivity contribution in [1.82, 2.24) is 9.80 Å². The van der Waals surface area contributed by atoms with Gasteiger partial charge in [0.25, 0.3) is 0 Å². The van der Waals surface area contributed by atoms with E-state index in [0.29, 0.717) is 18.5 Å². The summed E-state index contributed by atoms with van der Waals surface area (Å²) < 4.78 is 5.72. The second kappa shape index (κ2) is 14.5. The Labute approximate surface area is 280 Å². The lowest BCUT2D eigenvalue weighted by molar-refractivity contribution is -0.147. The summed E-state index contributed by atoms with van der Waals surface area (Å²) in [5.74, 6) is -1.69. The third-order valence-corrected chi connectivity index (χ3v) is 9.28. The Morgan fingerprint density at radius 3 is 2.12 bits per heavy atom. The quantitative estimate of drug-likeness (QED) is 0.233. The third-order valence-electron chi connectivity index (χ3n) is 9.28. The number of carboxylic acid groups (broad SMARTS) is 1. The highest BCUT2D eigenvalue weighted by Gasteiger charge is 2.43. The van der Waals surface area contributed by atoms with Crippen LogP contribution < -0.4 is 4.90 Å². The number of hydrogen-bond acceptors (Lipinski definition) is 5. The van der Waals surface area contributed by atoms with Gasteiger partial charge in [0, 0.05) is 19.0 Å². The molecule has 0 saturated carbocycles. The van der Waals surface area contributed by atoms with Crippen molar-refractivity contribution in [3.8, 4) is 0 Å². The molecule has 0 aliphatic carbocycles. The molecule has 9 heteroatoms. The normalized spacial score (nSPS) is 18.1. The number of para-hydroxylation sites is 1. The number of fused-ring (bicyclic) bond motifs is 2. The number of aliphatic carboxylic acids is 1. The molecule has 48 heavy (non-hydrogen) atoms. The molecule has 2 heterocycles. The van der Waals surface area contributed by atoms with E-state index in [1.807, 2.05) is 110 Å². The molecule has 4 aromatic rings. The van der Waals surface area contributed by atoms with E-state index in [1.54, 1.807) is 11.0 Å². The van der Waals surface area contributed by atoms with Crippen LogP contribution in [0, 0.1) is 0 Å². The number of rotatable bonds is 10. The zero-order chi connectivity index (χ0) is 33.6. The minimum Gasteiger partial charge on any atom is -0.481 e. The summed E-state index contributed by atoms with van der Waals surface area (Å²) in [4.78, 5) is 59.0. The summed E-state index contributed by atoms with van der Waals surface area (Å²) >= 11 is 0. The van der Waals surface area contributed by atoms with E-state index in [0.717, 1.165) is 27.8 Å². The molecule has 2 aliphatic heterocycles. The molecule has 0 aromatic heterocycles. The van der Waals surface area contributed by atoms with Crippen molar-refractivity contribution in [3.63, 3.8) is 0 Å². The van der Waals surface area contributed by atoms with E-state index in [9.17, 15) is 24.3 Å². The van der Waals surface area contributed by atoms with Crippen molar-refractivity contribution < 1.29 is 29.0 Å². The van der Waals surface area contributed by atoms with Crippen molar-refractivity contribution in [3.05, 3.63) is 137 Å². The minimum atomic E-state index is -0.991. The van der Waals surface area contributed by atoms with Crippen LogP contribution in [0.3, 0.4) is 0 Å². The molecule has 6 rings (SSSR count). The maximum atomic E-state index is 14.6. The van der Waals surface area contributed by atoms with Crippen LogP contribution in [0.1, 0.15) is 47.2 Å². The highest BCUT2D eigenvalue weighted by atomic mass is 16.6. The van der Waals surface area contributed by atoms with Crippen molar-refractivity contribution in [1.29, 1.82) is 0 Å². The monoisotopic (exact) mass is 645 g/mol. The van der Waals surface area contributed by atoms with Gasteiger partial charge in [0.15, 0.2) is 0 Å². The number of anilines is 1. The van der Waals surface area contributed by atoms with Crippen molar-refractivity contribution in [2.75, 3.05) is 18.0 Å². The largest absolute Gasteiger partial charge is 0.481 e. The Kier molecular flexibility index (Phi) is 9.85. The van der Waals surface area contributed by atoms with Gasteiger partial charge in [-0.1, -0.05) is 103 Å². The highest BCUT2D eigenvalue weighted by molar-refractivity contribution is 6.01. The standard InChI is InChI=1S/C39H39N3O6/c1-27-33-18-10-8-16-30(33)22-32(24-37(44)45)41(27)36(43)25-40(21-20-28-12-4-2-5-13-28)38(46)35-23-31-17-9-11-19-34(31)42(35)39(47)48-26-29-14-6-3-7-15-29/h2-19,27,32,35H,20-26H2,1H3,(H,44,45)/t27?,32-,35-/m1/s1. The van der Waals surface area contributed by atoms with Gasteiger partial charge in [0.2, 0.25) is 11.8 Å². The number of benzene rings is 4. The second-order valence-electron chi connectivity index (χ2n) is 12.4.